The van der Waals surface area contributed by atoms with E-state index in [1.165, 1.54) is 13.3 Å². The predicted molar refractivity (Wildman–Crippen MR) is 115 cm³/mol. The van der Waals surface area contributed by atoms with Gasteiger partial charge in [-0.05, 0) is 25.5 Å². The maximum Gasteiger partial charge on any atom is 0.302 e. The third kappa shape index (κ3) is 3.90. The second-order valence-corrected chi connectivity index (χ2v) is 8.26. The lowest BCUT2D eigenvalue weighted by atomic mass is 10.1. The van der Waals surface area contributed by atoms with E-state index in [0.717, 1.165) is 5.56 Å². The first-order valence-electron chi connectivity index (χ1n) is 10.5. The molecule has 0 amide bonds. The summed E-state index contributed by atoms with van der Waals surface area (Å²) in [6.07, 6.45) is 5.28. The molecule has 0 N–H and O–H groups in total. The quantitative estimate of drug-likeness (QED) is 0.563. The number of rotatable bonds is 5. The molecule has 5 rings (SSSR count). The van der Waals surface area contributed by atoms with Crippen molar-refractivity contribution in [1.82, 2.24) is 19.5 Å². The third-order valence-electron chi connectivity index (χ3n) is 5.47. The molecule has 4 heterocycles. The molecule has 2 fully saturated rings. The van der Waals surface area contributed by atoms with Crippen molar-refractivity contribution >= 4 is 29.3 Å². The van der Waals surface area contributed by atoms with Gasteiger partial charge in [-0.3, -0.25) is 9.36 Å². The Hall–Kier alpha value is -3.14. The molecule has 0 aliphatic carbocycles. The SMILES string of the molecule is CC(=O)OC[C@H]1O[C@@H](n2cnc3c(C=Cc4ccccc4)ncnc32)[C@@H]2OC(C)(C)O[C@@H]21. The Balaban J connectivity index is 1.46. The normalized spacial score (nSPS) is 26.6. The molecular formula is C23H24N4O5. The molecule has 2 aliphatic heterocycles. The third-order valence-corrected chi connectivity index (χ3v) is 5.47. The van der Waals surface area contributed by atoms with Gasteiger partial charge < -0.3 is 18.9 Å². The van der Waals surface area contributed by atoms with Crippen LogP contribution in [0.15, 0.2) is 43.0 Å². The number of fused-ring (bicyclic) bond motifs is 2. The van der Waals surface area contributed by atoms with E-state index >= 15 is 0 Å². The Bertz CT molecular complexity index is 1160. The van der Waals surface area contributed by atoms with Gasteiger partial charge in [-0.1, -0.05) is 36.4 Å². The van der Waals surface area contributed by atoms with E-state index in [1.807, 2.05) is 60.9 Å². The van der Waals surface area contributed by atoms with Crippen LogP contribution in [0.25, 0.3) is 23.3 Å². The van der Waals surface area contributed by atoms with Crippen molar-refractivity contribution in [2.24, 2.45) is 0 Å². The zero-order valence-electron chi connectivity index (χ0n) is 18.0. The minimum atomic E-state index is -0.777. The van der Waals surface area contributed by atoms with Gasteiger partial charge in [0.1, 0.15) is 36.8 Å². The van der Waals surface area contributed by atoms with Crippen LogP contribution < -0.4 is 0 Å². The number of benzene rings is 1. The molecule has 9 nitrogen and oxygen atoms in total. The zero-order valence-corrected chi connectivity index (χ0v) is 18.0. The monoisotopic (exact) mass is 436 g/mol. The summed E-state index contributed by atoms with van der Waals surface area (Å²) in [5, 5.41) is 0. The lowest BCUT2D eigenvalue weighted by Gasteiger charge is -2.24. The molecule has 4 atom stereocenters. The highest BCUT2D eigenvalue weighted by Crippen LogP contribution is 2.43. The summed E-state index contributed by atoms with van der Waals surface area (Å²) in [5.74, 6) is -1.15. The number of imidazole rings is 1. The summed E-state index contributed by atoms with van der Waals surface area (Å²) in [6.45, 7) is 5.15. The summed E-state index contributed by atoms with van der Waals surface area (Å²) in [7, 11) is 0. The molecule has 0 saturated carbocycles. The zero-order chi connectivity index (χ0) is 22.3. The van der Waals surface area contributed by atoms with E-state index in [1.54, 1.807) is 6.33 Å². The highest BCUT2D eigenvalue weighted by molar-refractivity contribution is 5.84. The second kappa shape index (κ2) is 8.09. The van der Waals surface area contributed by atoms with Crippen LogP contribution in [0, 0.1) is 0 Å². The van der Waals surface area contributed by atoms with Gasteiger partial charge in [-0.25, -0.2) is 15.0 Å². The van der Waals surface area contributed by atoms with Gasteiger partial charge in [0.2, 0.25) is 0 Å². The van der Waals surface area contributed by atoms with Gasteiger partial charge in [0.05, 0.1) is 12.0 Å². The maximum atomic E-state index is 11.3. The van der Waals surface area contributed by atoms with Gasteiger partial charge in [0, 0.05) is 6.92 Å². The highest BCUT2D eigenvalue weighted by Gasteiger charge is 2.56. The molecule has 1 aromatic carbocycles. The Labute approximate surface area is 185 Å². The van der Waals surface area contributed by atoms with Gasteiger partial charge in [-0.2, -0.15) is 0 Å². The van der Waals surface area contributed by atoms with Crippen molar-refractivity contribution in [1.29, 1.82) is 0 Å². The predicted octanol–water partition coefficient (Wildman–Crippen LogP) is 2.98. The number of carbonyl (C=O) groups excluding carboxylic acids is 1. The molecule has 3 aromatic rings. The van der Waals surface area contributed by atoms with Crippen LogP contribution in [0.2, 0.25) is 0 Å². The number of hydrogen-bond acceptors (Lipinski definition) is 8. The van der Waals surface area contributed by atoms with E-state index in [9.17, 15) is 4.79 Å². The van der Waals surface area contributed by atoms with E-state index in [-0.39, 0.29) is 18.7 Å². The first-order chi connectivity index (χ1) is 15.4. The van der Waals surface area contributed by atoms with E-state index in [4.69, 9.17) is 18.9 Å². The van der Waals surface area contributed by atoms with Crippen molar-refractivity contribution < 1.29 is 23.7 Å². The van der Waals surface area contributed by atoms with Crippen LogP contribution in [-0.2, 0) is 23.7 Å². The fourth-order valence-corrected chi connectivity index (χ4v) is 4.13. The van der Waals surface area contributed by atoms with Crippen molar-refractivity contribution in [2.45, 2.75) is 51.1 Å². The Morgan fingerprint density at radius 1 is 1.12 bits per heavy atom. The van der Waals surface area contributed by atoms with Gasteiger partial charge >= 0.3 is 5.97 Å². The summed E-state index contributed by atoms with van der Waals surface area (Å²) in [6, 6.07) is 9.97. The van der Waals surface area contributed by atoms with Crippen LogP contribution >= 0.6 is 0 Å². The lowest BCUT2D eigenvalue weighted by Crippen LogP contribution is -2.33. The number of ether oxygens (including phenoxy) is 4. The van der Waals surface area contributed by atoms with Crippen LogP contribution in [-0.4, -0.2) is 56.2 Å². The van der Waals surface area contributed by atoms with Gasteiger partial charge in [-0.15, -0.1) is 0 Å². The summed E-state index contributed by atoms with van der Waals surface area (Å²) in [5.41, 5.74) is 3.04. The van der Waals surface area contributed by atoms with Crippen molar-refractivity contribution in [2.75, 3.05) is 6.61 Å². The number of esters is 1. The van der Waals surface area contributed by atoms with E-state index in [2.05, 4.69) is 15.0 Å². The van der Waals surface area contributed by atoms with Crippen molar-refractivity contribution in [3.8, 4) is 0 Å². The minimum Gasteiger partial charge on any atom is -0.463 e. The molecule has 0 spiro atoms. The molecule has 0 radical (unpaired) electrons. The Kier molecular flexibility index (Phi) is 5.24. The largest absolute Gasteiger partial charge is 0.463 e. The van der Waals surface area contributed by atoms with Crippen molar-refractivity contribution in [3.63, 3.8) is 0 Å². The number of nitrogens with zero attached hydrogens (tertiary/aromatic N) is 4. The molecule has 2 aliphatic rings. The fourth-order valence-electron chi connectivity index (χ4n) is 4.13. The first-order valence-corrected chi connectivity index (χ1v) is 10.5. The lowest BCUT2D eigenvalue weighted by molar-refractivity contribution is -0.201. The van der Waals surface area contributed by atoms with Crippen LogP contribution in [0.3, 0.4) is 0 Å². The van der Waals surface area contributed by atoms with E-state index in [0.29, 0.717) is 16.9 Å². The van der Waals surface area contributed by atoms with Crippen LogP contribution in [0.5, 0.6) is 0 Å². The summed E-state index contributed by atoms with van der Waals surface area (Å²) in [4.78, 5) is 24.7. The molecule has 9 heteroatoms. The number of hydrogen-bond donors (Lipinski definition) is 0. The number of carbonyl (C=O) groups is 1. The van der Waals surface area contributed by atoms with Crippen LogP contribution in [0.1, 0.15) is 38.3 Å². The highest BCUT2D eigenvalue weighted by atomic mass is 16.8. The molecule has 0 bridgehead atoms. The molecule has 2 saturated heterocycles. The molecule has 32 heavy (non-hydrogen) atoms. The van der Waals surface area contributed by atoms with Crippen LogP contribution in [0.4, 0.5) is 0 Å². The molecule has 0 unspecified atom stereocenters. The minimum absolute atomic E-state index is 0.0825. The summed E-state index contributed by atoms with van der Waals surface area (Å²) < 4.78 is 25.4. The Morgan fingerprint density at radius 2 is 1.91 bits per heavy atom. The molecular weight excluding hydrogens is 412 g/mol. The smallest absolute Gasteiger partial charge is 0.302 e. The number of aromatic nitrogens is 4. The summed E-state index contributed by atoms with van der Waals surface area (Å²) >= 11 is 0. The second-order valence-electron chi connectivity index (χ2n) is 8.26. The fraction of sp³-hybridized carbons (Fsp3) is 0.391. The van der Waals surface area contributed by atoms with Crippen molar-refractivity contribution in [3.05, 3.63) is 54.2 Å². The average molecular weight is 436 g/mol. The van der Waals surface area contributed by atoms with Gasteiger partial charge in [0.25, 0.3) is 0 Å². The maximum absolute atomic E-state index is 11.3. The standard InChI is InChI=1S/C23H24N4O5/c1-14(28)29-11-17-19-20(32-23(2,3)31-19)22(30-17)27-13-26-18-16(24-12-25-21(18)27)10-9-15-7-5-4-6-8-15/h4-10,12-13,17,19-20,22H,11H2,1-3H3/t17-,19-,20-,22-/m1/s1. The molecule has 2 aromatic heterocycles. The topological polar surface area (TPSA) is 97.6 Å². The van der Waals surface area contributed by atoms with E-state index < -0.39 is 24.2 Å². The Morgan fingerprint density at radius 3 is 2.69 bits per heavy atom. The molecule has 166 valence electrons. The average Bonchev–Trinajstić information content (AvgIpc) is 3.42. The first kappa shape index (κ1) is 20.7. The van der Waals surface area contributed by atoms with Gasteiger partial charge in [0.15, 0.2) is 17.7 Å².